The summed E-state index contributed by atoms with van der Waals surface area (Å²) >= 11 is 0. The van der Waals surface area contributed by atoms with E-state index in [9.17, 15) is 9.59 Å². The molecule has 0 aliphatic rings. The van der Waals surface area contributed by atoms with Gasteiger partial charge < -0.3 is 14.8 Å². The molecule has 0 spiro atoms. The highest BCUT2D eigenvalue weighted by Gasteiger charge is 2.08. The molecule has 0 saturated heterocycles. The Kier molecular flexibility index (Phi) is 2.69. The Hall–Kier alpha value is -1.78. The molecule has 1 rings (SSSR count). The number of carbonyl (C=O) groups is 1. The number of aromatic amines is 1. The van der Waals surface area contributed by atoms with Crippen molar-refractivity contribution in [3.63, 3.8) is 0 Å². The molecule has 1 aromatic rings. The normalized spacial score (nSPS) is 9.62. The van der Waals surface area contributed by atoms with Crippen molar-refractivity contribution < 1.29 is 14.6 Å². The summed E-state index contributed by atoms with van der Waals surface area (Å²) in [7, 11) is 0. The van der Waals surface area contributed by atoms with Crippen LogP contribution in [0.5, 0.6) is 5.75 Å². The zero-order chi connectivity index (χ0) is 9.84. The van der Waals surface area contributed by atoms with Crippen molar-refractivity contribution in [2.45, 2.75) is 6.92 Å². The van der Waals surface area contributed by atoms with Crippen LogP contribution < -0.4 is 5.56 Å². The van der Waals surface area contributed by atoms with Crippen LogP contribution in [0, 0.1) is 0 Å². The van der Waals surface area contributed by atoms with Gasteiger partial charge in [-0.25, -0.2) is 4.79 Å². The molecule has 1 heterocycles. The molecule has 0 fully saturated rings. The van der Waals surface area contributed by atoms with Gasteiger partial charge in [-0.15, -0.1) is 0 Å². The third kappa shape index (κ3) is 2.08. The Morgan fingerprint density at radius 1 is 1.69 bits per heavy atom. The monoisotopic (exact) mass is 183 g/mol. The number of aromatic hydroxyl groups is 1. The lowest BCUT2D eigenvalue weighted by Crippen LogP contribution is -2.10. The summed E-state index contributed by atoms with van der Waals surface area (Å²) in [5.41, 5.74) is -0.507. The summed E-state index contributed by atoms with van der Waals surface area (Å²) in [5.74, 6) is -1.07. The Labute approximate surface area is 74.0 Å². The van der Waals surface area contributed by atoms with E-state index in [2.05, 4.69) is 9.72 Å². The lowest BCUT2D eigenvalue weighted by atomic mass is 10.3. The van der Waals surface area contributed by atoms with Crippen molar-refractivity contribution >= 4 is 5.97 Å². The molecular weight excluding hydrogens is 174 g/mol. The molecule has 5 heteroatoms. The molecule has 70 valence electrons. The molecule has 1 aromatic heterocycles. The summed E-state index contributed by atoms with van der Waals surface area (Å²) in [6.07, 6.45) is 1.19. The van der Waals surface area contributed by atoms with Gasteiger partial charge in [-0.3, -0.25) is 4.79 Å². The number of hydrogen-bond donors (Lipinski definition) is 2. The van der Waals surface area contributed by atoms with Crippen LogP contribution >= 0.6 is 0 Å². The average Bonchev–Trinajstić information content (AvgIpc) is 2.10. The van der Waals surface area contributed by atoms with E-state index in [0.29, 0.717) is 0 Å². The van der Waals surface area contributed by atoms with E-state index < -0.39 is 17.3 Å². The number of esters is 1. The van der Waals surface area contributed by atoms with Crippen LogP contribution in [-0.4, -0.2) is 22.7 Å². The van der Waals surface area contributed by atoms with Crippen molar-refractivity contribution in [1.29, 1.82) is 0 Å². The average molecular weight is 183 g/mol. The van der Waals surface area contributed by atoms with Crippen LogP contribution in [0.25, 0.3) is 0 Å². The largest absolute Gasteiger partial charge is 0.503 e. The number of carbonyl (C=O) groups excluding carboxylic acids is 1. The molecule has 0 unspecified atom stereocenters. The summed E-state index contributed by atoms with van der Waals surface area (Å²) in [6.45, 7) is 1.92. The first-order chi connectivity index (χ1) is 6.15. The first-order valence-electron chi connectivity index (χ1n) is 3.74. The van der Waals surface area contributed by atoms with Gasteiger partial charge in [0.15, 0.2) is 5.75 Å². The molecule has 2 N–H and O–H groups in total. The number of nitrogens with one attached hydrogen (secondary N) is 1. The van der Waals surface area contributed by atoms with Crippen molar-refractivity contribution in [3.05, 3.63) is 28.2 Å². The van der Waals surface area contributed by atoms with Gasteiger partial charge in [-0.2, -0.15) is 0 Å². The maximum atomic E-state index is 11.1. The highest BCUT2D eigenvalue weighted by molar-refractivity contribution is 5.89. The van der Waals surface area contributed by atoms with Crippen molar-refractivity contribution in [2.75, 3.05) is 6.61 Å². The van der Waals surface area contributed by atoms with Gasteiger partial charge in [0, 0.05) is 12.3 Å². The van der Waals surface area contributed by atoms with Gasteiger partial charge >= 0.3 is 5.97 Å². The van der Waals surface area contributed by atoms with Crippen LogP contribution in [-0.2, 0) is 4.74 Å². The van der Waals surface area contributed by atoms with Gasteiger partial charge in [0.2, 0.25) is 0 Å². The standard InChI is InChI=1S/C8H9NO4/c1-2-13-8(12)5-3-6(10)7(11)9-4-5/h3-4,10H,2H2,1H3,(H,9,11). The zero-order valence-electron chi connectivity index (χ0n) is 7.03. The van der Waals surface area contributed by atoms with Crippen LogP contribution in [0.1, 0.15) is 17.3 Å². The lowest BCUT2D eigenvalue weighted by molar-refractivity contribution is 0.0525. The van der Waals surface area contributed by atoms with Crippen molar-refractivity contribution in [3.8, 4) is 5.75 Å². The van der Waals surface area contributed by atoms with Gasteiger partial charge in [0.05, 0.1) is 12.2 Å². The SMILES string of the molecule is CCOC(=O)c1c[nH]c(=O)c(O)c1. The third-order valence-corrected chi connectivity index (χ3v) is 1.39. The lowest BCUT2D eigenvalue weighted by Gasteiger charge is -2.00. The van der Waals surface area contributed by atoms with E-state index in [1.165, 1.54) is 6.20 Å². The fraction of sp³-hybridized carbons (Fsp3) is 0.250. The Bertz CT molecular complexity index is 369. The van der Waals surface area contributed by atoms with Crippen LogP contribution in [0.3, 0.4) is 0 Å². The van der Waals surface area contributed by atoms with Crippen molar-refractivity contribution in [1.82, 2.24) is 4.98 Å². The van der Waals surface area contributed by atoms with E-state index in [-0.39, 0.29) is 12.2 Å². The predicted molar refractivity (Wildman–Crippen MR) is 44.7 cm³/mol. The minimum Gasteiger partial charge on any atom is -0.503 e. The smallest absolute Gasteiger partial charge is 0.339 e. The second kappa shape index (κ2) is 3.75. The second-order valence-corrected chi connectivity index (χ2v) is 2.32. The van der Waals surface area contributed by atoms with E-state index in [0.717, 1.165) is 6.07 Å². The number of rotatable bonds is 2. The molecule has 0 aliphatic carbocycles. The number of pyridine rings is 1. The topological polar surface area (TPSA) is 79.4 Å². The highest BCUT2D eigenvalue weighted by Crippen LogP contribution is 2.04. The van der Waals surface area contributed by atoms with E-state index in [1.807, 2.05) is 0 Å². The van der Waals surface area contributed by atoms with Crippen molar-refractivity contribution in [2.24, 2.45) is 0 Å². The van der Waals surface area contributed by atoms with E-state index in [1.54, 1.807) is 6.92 Å². The minimum atomic E-state index is -0.631. The summed E-state index contributed by atoms with van der Waals surface area (Å²) in [4.78, 5) is 23.9. The van der Waals surface area contributed by atoms with Crippen LogP contribution in [0.2, 0.25) is 0 Å². The maximum Gasteiger partial charge on any atom is 0.339 e. The van der Waals surface area contributed by atoms with E-state index >= 15 is 0 Å². The van der Waals surface area contributed by atoms with Crippen LogP contribution in [0.4, 0.5) is 0 Å². The quantitative estimate of drug-likeness (QED) is 0.644. The molecule has 0 saturated carbocycles. The third-order valence-electron chi connectivity index (χ3n) is 1.39. The molecule has 0 amide bonds. The van der Waals surface area contributed by atoms with Gasteiger partial charge in [0.25, 0.3) is 5.56 Å². The fourth-order valence-corrected chi connectivity index (χ4v) is 0.804. The Morgan fingerprint density at radius 2 is 2.38 bits per heavy atom. The van der Waals surface area contributed by atoms with Crippen LogP contribution in [0.15, 0.2) is 17.1 Å². The Balaban J connectivity index is 2.97. The summed E-state index contributed by atoms with van der Waals surface area (Å²) in [5, 5.41) is 8.97. The number of H-pyrrole nitrogens is 1. The minimum absolute atomic E-state index is 0.124. The molecule has 0 aliphatic heterocycles. The molecule has 5 nitrogen and oxygen atoms in total. The predicted octanol–water partition coefficient (Wildman–Crippen LogP) is 0.257. The molecule has 0 atom stereocenters. The zero-order valence-corrected chi connectivity index (χ0v) is 7.03. The molecule has 0 radical (unpaired) electrons. The highest BCUT2D eigenvalue weighted by atomic mass is 16.5. The first kappa shape index (κ1) is 9.31. The van der Waals surface area contributed by atoms with Gasteiger partial charge in [-0.05, 0) is 6.92 Å². The number of aromatic nitrogens is 1. The summed E-state index contributed by atoms with van der Waals surface area (Å²) in [6, 6.07) is 1.07. The number of hydrogen-bond acceptors (Lipinski definition) is 4. The van der Waals surface area contributed by atoms with E-state index in [4.69, 9.17) is 5.11 Å². The molecule has 0 bridgehead atoms. The second-order valence-electron chi connectivity index (χ2n) is 2.32. The molecule has 0 aromatic carbocycles. The molecular formula is C8H9NO4. The molecule has 13 heavy (non-hydrogen) atoms. The Morgan fingerprint density at radius 3 is 2.92 bits per heavy atom. The maximum absolute atomic E-state index is 11.1. The number of ether oxygens (including phenoxy) is 1. The summed E-state index contributed by atoms with van der Waals surface area (Å²) < 4.78 is 4.65. The van der Waals surface area contributed by atoms with Gasteiger partial charge in [-0.1, -0.05) is 0 Å². The first-order valence-corrected chi connectivity index (χ1v) is 3.74. The fourth-order valence-electron chi connectivity index (χ4n) is 0.804. The van der Waals surface area contributed by atoms with Gasteiger partial charge in [0.1, 0.15) is 0 Å².